The number of hydrogen-bond acceptors (Lipinski definition) is 2. The van der Waals surface area contributed by atoms with Crippen molar-refractivity contribution in [1.29, 1.82) is 0 Å². The molecule has 19 heavy (non-hydrogen) atoms. The van der Waals surface area contributed by atoms with Gasteiger partial charge in [-0.05, 0) is 37.0 Å². The van der Waals surface area contributed by atoms with E-state index < -0.39 is 11.9 Å². The fraction of sp³-hybridized carbons (Fsp3) is 0.733. The third kappa shape index (κ3) is 2.28. The molecule has 4 atom stereocenters. The highest BCUT2D eigenvalue weighted by Gasteiger charge is 2.51. The van der Waals surface area contributed by atoms with Gasteiger partial charge in [-0.25, -0.2) is 0 Å². The molecule has 104 valence electrons. The van der Waals surface area contributed by atoms with E-state index >= 15 is 0 Å². The van der Waals surface area contributed by atoms with Gasteiger partial charge in [0.1, 0.15) is 0 Å². The molecule has 2 fully saturated rings. The quantitative estimate of drug-likeness (QED) is 0.760. The van der Waals surface area contributed by atoms with Crippen LogP contribution in [0.1, 0.15) is 32.1 Å². The molecule has 2 bridgehead atoms. The molecule has 4 heteroatoms. The Hall–Kier alpha value is -1.32. The van der Waals surface area contributed by atoms with Crippen molar-refractivity contribution >= 4 is 11.9 Å². The van der Waals surface area contributed by atoms with Crippen molar-refractivity contribution in [2.75, 3.05) is 6.54 Å². The first-order valence-corrected chi connectivity index (χ1v) is 7.35. The van der Waals surface area contributed by atoms with Gasteiger partial charge < -0.3 is 10.4 Å². The minimum atomic E-state index is -0.821. The first kappa shape index (κ1) is 12.7. The summed E-state index contributed by atoms with van der Waals surface area (Å²) in [4.78, 5) is 23.7. The Bertz CT molecular complexity index is 412. The summed E-state index contributed by atoms with van der Waals surface area (Å²) in [6, 6.07) is 0. The first-order valence-electron chi connectivity index (χ1n) is 7.35. The maximum absolute atomic E-state index is 12.3. The first-order chi connectivity index (χ1) is 9.16. The van der Waals surface area contributed by atoms with Crippen molar-refractivity contribution in [3.8, 4) is 0 Å². The van der Waals surface area contributed by atoms with Gasteiger partial charge in [0, 0.05) is 6.54 Å². The van der Waals surface area contributed by atoms with E-state index in [2.05, 4.69) is 5.32 Å². The average molecular weight is 263 g/mol. The number of allylic oxidation sites excluding steroid dienone is 2. The highest BCUT2D eigenvalue weighted by molar-refractivity contribution is 5.86. The molecular formula is C15H21NO3. The summed E-state index contributed by atoms with van der Waals surface area (Å²) in [5.74, 6) is -0.942. The van der Waals surface area contributed by atoms with E-state index in [1.165, 1.54) is 25.7 Å². The molecular weight excluding hydrogens is 242 g/mol. The van der Waals surface area contributed by atoms with Crippen LogP contribution in [0.25, 0.3) is 0 Å². The van der Waals surface area contributed by atoms with Crippen molar-refractivity contribution in [2.45, 2.75) is 32.1 Å². The normalized spacial score (nSPS) is 36.8. The highest BCUT2D eigenvalue weighted by atomic mass is 16.4. The fourth-order valence-corrected chi connectivity index (χ4v) is 4.09. The smallest absolute Gasteiger partial charge is 0.307 e. The lowest BCUT2D eigenvalue weighted by Gasteiger charge is -2.24. The standard InChI is InChI=1S/C15H21NO3/c17-14(16-8-9-3-1-2-4-9)12-10-5-6-11(7-10)13(12)15(18)19/h5-6,9-13H,1-4,7-8H2,(H,16,17)(H,18,19)/t10?,11?,12-,13+/m0/s1. The number of hydrogen-bond donors (Lipinski definition) is 2. The predicted octanol–water partition coefficient (Wildman–Crippen LogP) is 1.82. The number of carboxylic acid groups (broad SMARTS) is 1. The number of carbonyl (C=O) groups excluding carboxylic acids is 1. The lowest BCUT2D eigenvalue weighted by atomic mass is 9.82. The SMILES string of the molecule is O=C(O)[C@@H]1C2C=CC(C2)[C@@H]1C(=O)NCC1CCCC1. The number of aliphatic carboxylic acids is 1. The second kappa shape index (κ2) is 4.99. The zero-order valence-corrected chi connectivity index (χ0v) is 11.0. The molecule has 2 saturated carbocycles. The molecule has 0 spiro atoms. The number of carboxylic acids is 1. The minimum Gasteiger partial charge on any atom is -0.481 e. The minimum absolute atomic E-state index is 0.0452. The third-order valence-electron chi connectivity index (χ3n) is 5.09. The van der Waals surface area contributed by atoms with Crippen LogP contribution in [0, 0.1) is 29.6 Å². The van der Waals surface area contributed by atoms with Crippen LogP contribution >= 0.6 is 0 Å². The van der Waals surface area contributed by atoms with Crippen LogP contribution in [-0.2, 0) is 9.59 Å². The lowest BCUT2D eigenvalue weighted by molar-refractivity contribution is -0.147. The van der Waals surface area contributed by atoms with Crippen LogP contribution in [0.4, 0.5) is 0 Å². The van der Waals surface area contributed by atoms with E-state index in [0.29, 0.717) is 5.92 Å². The van der Waals surface area contributed by atoms with E-state index in [-0.39, 0.29) is 23.7 Å². The Morgan fingerprint density at radius 2 is 1.74 bits per heavy atom. The van der Waals surface area contributed by atoms with Crippen LogP contribution in [0.5, 0.6) is 0 Å². The van der Waals surface area contributed by atoms with Gasteiger partial charge >= 0.3 is 5.97 Å². The number of nitrogens with one attached hydrogen (secondary N) is 1. The van der Waals surface area contributed by atoms with Gasteiger partial charge in [0.2, 0.25) is 5.91 Å². The van der Waals surface area contributed by atoms with Gasteiger partial charge in [0.25, 0.3) is 0 Å². The molecule has 0 aromatic heterocycles. The summed E-state index contributed by atoms with van der Waals surface area (Å²) >= 11 is 0. The fourth-order valence-electron chi connectivity index (χ4n) is 4.09. The Morgan fingerprint density at radius 3 is 2.37 bits per heavy atom. The van der Waals surface area contributed by atoms with Gasteiger partial charge in [0.15, 0.2) is 0 Å². The zero-order valence-electron chi connectivity index (χ0n) is 11.0. The number of fused-ring (bicyclic) bond motifs is 2. The van der Waals surface area contributed by atoms with Crippen molar-refractivity contribution in [3.05, 3.63) is 12.2 Å². The van der Waals surface area contributed by atoms with Crippen molar-refractivity contribution in [3.63, 3.8) is 0 Å². The highest BCUT2D eigenvalue weighted by Crippen LogP contribution is 2.48. The predicted molar refractivity (Wildman–Crippen MR) is 70.3 cm³/mol. The molecule has 0 aromatic rings. The molecule has 0 saturated heterocycles. The van der Waals surface area contributed by atoms with Crippen molar-refractivity contribution < 1.29 is 14.7 Å². The van der Waals surface area contributed by atoms with Crippen LogP contribution in [0.2, 0.25) is 0 Å². The van der Waals surface area contributed by atoms with E-state index in [1.54, 1.807) is 0 Å². The summed E-state index contributed by atoms with van der Waals surface area (Å²) < 4.78 is 0. The second-order valence-corrected chi connectivity index (χ2v) is 6.23. The molecule has 0 heterocycles. The molecule has 0 aromatic carbocycles. The Morgan fingerprint density at radius 1 is 1.11 bits per heavy atom. The molecule has 2 unspecified atom stereocenters. The molecule has 0 radical (unpaired) electrons. The zero-order chi connectivity index (χ0) is 13.4. The van der Waals surface area contributed by atoms with E-state index in [1.807, 2.05) is 12.2 Å². The Kier molecular flexibility index (Phi) is 3.33. The summed E-state index contributed by atoms with van der Waals surface area (Å²) in [6.45, 7) is 0.725. The molecule has 3 rings (SSSR count). The monoisotopic (exact) mass is 263 g/mol. The third-order valence-corrected chi connectivity index (χ3v) is 5.09. The number of carbonyl (C=O) groups is 2. The largest absolute Gasteiger partial charge is 0.481 e. The van der Waals surface area contributed by atoms with E-state index in [0.717, 1.165) is 13.0 Å². The maximum atomic E-state index is 12.3. The van der Waals surface area contributed by atoms with Gasteiger partial charge in [-0.15, -0.1) is 0 Å². The van der Waals surface area contributed by atoms with Crippen LogP contribution < -0.4 is 5.32 Å². The Balaban J connectivity index is 1.62. The molecule has 0 aliphatic heterocycles. The number of amides is 1. The molecule has 4 nitrogen and oxygen atoms in total. The topological polar surface area (TPSA) is 66.4 Å². The van der Waals surface area contributed by atoms with Crippen LogP contribution in [-0.4, -0.2) is 23.5 Å². The van der Waals surface area contributed by atoms with Gasteiger partial charge in [0.05, 0.1) is 11.8 Å². The number of rotatable bonds is 4. The summed E-state index contributed by atoms with van der Waals surface area (Å²) in [5, 5.41) is 12.3. The summed E-state index contributed by atoms with van der Waals surface area (Å²) in [7, 11) is 0. The lowest BCUT2D eigenvalue weighted by Crippen LogP contribution is -2.41. The van der Waals surface area contributed by atoms with Crippen molar-refractivity contribution in [1.82, 2.24) is 5.32 Å². The summed E-state index contributed by atoms with van der Waals surface area (Å²) in [6.07, 6.45) is 9.75. The van der Waals surface area contributed by atoms with Crippen LogP contribution in [0.15, 0.2) is 12.2 Å². The Labute approximate surface area is 113 Å². The van der Waals surface area contributed by atoms with Crippen molar-refractivity contribution in [2.24, 2.45) is 29.6 Å². The maximum Gasteiger partial charge on any atom is 0.307 e. The van der Waals surface area contributed by atoms with Gasteiger partial charge in [-0.3, -0.25) is 9.59 Å². The molecule has 2 N–H and O–H groups in total. The van der Waals surface area contributed by atoms with Gasteiger partial charge in [-0.1, -0.05) is 25.0 Å². The van der Waals surface area contributed by atoms with E-state index in [4.69, 9.17) is 0 Å². The second-order valence-electron chi connectivity index (χ2n) is 6.23. The molecule has 3 aliphatic carbocycles. The van der Waals surface area contributed by atoms with E-state index in [9.17, 15) is 14.7 Å². The summed E-state index contributed by atoms with van der Waals surface area (Å²) in [5.41, 5.74) is 0. The van der Waals surface area contributed by atoms with Crippen LogP contribution in [0.3, 0.4) is 0 Å². The molecule has 3 aliphatic rings. The average Bonchev–Trinajstić information content (AvgIpc) is 3.10. The van der Waals surface area contributed by atoms with Gasteiger partial charge in [-0.2, -0.15) is 0 Å². The molecule has 1 amide bonds.